The first-order valence-corrected chi connectivity index (χ1v) is 24.9. The average Bonchev–Trinajstić information content (AvgIpc) is 3.43. The van der Waals surface area contributed by atoms with Gasteiger partial charge < -0.3 is 9.80 Å². The van der Waals surface area contributed by atoms with E-state index >= 15 is 0 Å². The Morgan fingerprint density at radius 3 is 1.21 bits per heavy atom. The third-order valence-electron chi connectivity index (χ3n) is 14.6. The summed E-state index contributed by atoms with van der Waals surface area (Å²) in [6, 6.07) is 91.4. The molecule has 0 unspecified atom stereocenters. The first-order valence-electron chi connectivity index (χ1n) is 24.9. The van der Waals surface area contributed by atoms with Crippen LogP contribution in [0.1, 0.15) is 36.5 Å². The van der Waals surface area contributed by atoms with E-state index in [2.05, 4.69) is 286 Å². The van der Waals surface area contributed by atoms with E-state index < -0.39 is 0 Å². The van der Waals surface area contributed by atoms with Gasteiger partial charge in [0.15, 0.2) is 0 Å². The van der Waals surface area contributed by atoms with Crippen LogP contribution in [-0.2, 0) is 0 Å². The SMILES string of the molecule is Cc1c(-c2ccccc2)cccc1N(c1cccc(-c2ccccc2)c1)c1ccc2ccc3c(N(c4cccc(-c5ccccc5)c4)c4cccc(-c5ccccc5)c4C)cc(C(C)C)c4ccc1c2c43. The molecule has 340 valence electrons. The van der Waals surface area contributed by atoms with Gasteiger partial charge in [-0.05, 0) is 151 Å². The van der Waals surface area contributed by atoms with Gasteiger partial charge in [-0.15, -0.1) is 0 Å². The summed E-state index contributed by atoms with van der Waals surface area (Å²) in [6.45, 7) is 9.24. The molecule has 0 radical (unpaired) electrons. The second kappa shape index (κ2) is 18.3. The summed E-state index contributed by atoms with van der Waals surface area (Å²) in [5.74, 6) is 0.257. The molecular formula is C69H54N2. The van der Waals surface area contributed by atoms with Gasteiger partial charge in [0.2, 0.25) is 0 Å². The van der Waals surface area contributed by atoms with Crippen molar-refractivity contribution in [3.8, 4) is 44.5 Å². The monoisotopic (exact) mass is 910 g/mol. The maximum Gasteiger partial charge on any atom is 0.0543 e. The van der Waals surface area contributed by atoms with Crippen molar-refractivity contribution in [3.63, 3.8) is 0 Å². The molecule has 0 saturated carbocycles. The maximum atomic E-state index is 2.53. The number of hydrogen-bond donors (Lipinski definition) is 0. The Balaban J connectivity index is 1.14. The minimum absolute atomic E-state index is 0.257. The summed E-state index contributed by atoms with van der Waals surface area (Å²) in [5.41, 5.74) is 20.2. The summed E-state index contributed by atoms with van der Waals surface area (Å²) in [7, 11) is 0. The van der Waals surface area contributed by atoms with Crippen LogP contribution in [0.5, 0.6) is 0 Å². The summed E-state index contributed by atoms with van der Waals surface area (Å²) < 4.78 is 0. The first kappa shape index (κ1) is 43.6. The average molecular weight is 911 g/mol. The minimum Gasteiger partial charge on any atom is -0.310 e. The van der Waals surface area contributed by atoms with Crippen LogP contribution < -0.4 is 9.80 Å². The Bertz CT molecular complexity index is 3860. The predicted molar refractivity (Wildman–Crippen MR) is 305 cm³/mol. The lowest BCUT2D eigenvalue weighted by Gasteiger charge is -2.32. The lowest BCUT2D eigenvalue weighted by atomic mass is 9.86. The summed E-state index contributed by atoms with van der Waals surface area (Å²) in [6.07, 6.45) is 0. The van der Waals surface area contributed by atoms with Gasteiger partial charge in [-0.1, -0.05) is 214 Å². The van der Waals surface area contributed by atoms with Gasteiger partial charge >= 0.3 is 0 Å². The van der Waals surface area contributed by atoms with Gasteiger partial charge in [0.25, 0.3) is 0 Å². The van der Waals surface area contributed by atoms with E-state index in [1.165, 1.54) is 99.2 Å². The molecule has 2 nitrogen and oxygen atoms in total. The Morgan fingerprint density at radius 2 is 0.704 bits per heavy atom. The predicted octanol–water partition coefficient (Wildman–Crippen LogP) is 19.9. The van der Waals surface area contributed by atoms with Crippen LogP contribution in [0.2, 0.25) is 0 Å². The van der Waals surface area contributed by atoms with E-state index in [-0.39, 0.29) is 5.92 Å². The van der Waals surface area contributed by atoms with E-state index in [1.54, 1.807) is 0 Å². The number of rotatable bonds is 11. The third kappa shape index (κ3) is 7.79. The van der Waals surface area contributed by atoms with Gasteiger partial charge in [0, 0.05) is 33.5 Å². The molecule has 2 heteroatoms. The van der Waals surface area contributed by atoms with E-state index in [0.717, 1.165) is 28.4 Å². The van der Waals surface area contributed by atoms with Crippen LogP contribution in [0.15, 0.2) is 249 Å². The molecule has 0 N–H and O–H groups in total. The highest BCUT2D eigenvalue weighted by atomic mass is 15.2. The van der Waals surface area contributed by atoms with Crippen LogP contribution >= 0.6 is 0 Å². The number of benzene rings is 12. The molecule has 12 aromatic carbocycles. The number of anilines is 6. The van der Waals surface area contributed by atoms with Crippen LogP contribution in [-0.4, -0.2) is 0 Å². The molecule has 0 aliphatic heterocycles. The fourth-order valence-corrected chi connectivity index (χ4v) is 11.1. The molecule has 0 spiro atoms. The van der Waals surface area contributed by atoms with Crippen molar-refractivity contribution in [2.24, 2.45) is 0 Å². The summed E-state index contributed by atoms with van der Waals surface area (Å²) >= 11 is 0. The zero-order valence-corrected chi connectivity index (χ0v) is 40.6. The molecule has 0 fully saturated rings. The molecule has 0 heterocycles. The van der Waals surface area contributed by atoms with Gasteiger partial charge in [0.1, 0.15) is 0 Å². The fraction of sp³-hybridized carbons (Fsp3) is 0.0725. The highest BCUT2D eigenvalue weighted by Gasteiger charge is 2.26. The maximum absolute atomic E-state index is 2.53. The van der Waals surface area contributed by atoms with Crippen LogP contribution in [0.3, 0.4) is 0 Å². The fourth-order valence-electron chi connectivity index (χ4n) is 11.1. The number of hydrogen-bond acceptors (Lipinski definition) is 2. The minimum atomic E-state index is 0.257. The van der Waals surface area contributed by atoms with Gasteiger partial charge in [-0.3, -0.25) is 0 Å². The zero-order chi connectivity index (χ0) is 48.0. The van der Waals surface area contributed by atoms with Crippen molar-refractivity contribution in [2.45, 2.75) is 33.6 Å². The van der Waals surface area contributed by atoms with Gasteiger partial charge in [0.05, 0.1) is 11.4 Å². The standard InChI is InChI=1S/C69H54N2/c1-46(2)63-45-67(71(57-32-18-30-55(44-57)50-23-11-6-12-24-50)65-36-20-34-59(48(65)4)52-27-15-8-16-28-52)62-39-37-53-38-42-66(61-41-40-60(63)69(62)68(53)61)70(56-31-17-29-54(43-56)49-21-9-5-10-22-49)64-35-19-33-58(47(64)3)51-25-13-7-14-26-51/h5-46H,1-4H3. The lowest BCUT2D eigenvalue weighted by Crippen LogP contribution is -2.14. The molecule has 0 aromatic heterocycles. The Labute approximate surface area is 417 Å². The smallest absolute Gasteiger partial charge is 0.0543 e. The highest BCUT2D eigenvalue weighted by Crippen LogP contribution is 2.51. The van der Waals surface area contributed by atoms with E-state index in [9.17, 15) is 0 Å². The van der Waals surface area contributed by atoms with Crippen molar-refractivity contribution in [2.75, 3.05) is 9.80 Å². The number of nitrogens with zero attached hydrogens (tertiary/aromatic N) is 2. The summed E-state index contributed by atoms with van der Waals surface area (Å²) in [5, 5.41) is 7.51. The van der Waals surface area contributed by atoms with Crippen molar-refractivity contribution < 1.29 is 0 Å². The zero-order valence-electron chi connectivity index (χ0n) is 40.6. The first-order chi connectivity index (χ1) is 34.9. The summed E-state index contributed by atoms with van der Waals surface area (Å²) in [4.78, 5) is 5.04. The van der Waals surface area contributed by atoms with Crippen LogP contribution in [0.25, 0.3) is 76.8 Å². The van der Waals surface area contributed by atoms with E-state index in [0.29, 0.717) is 0 Å². The Kier molecular flexibility index (Phi) is 11.2. The molecule has 0 aliphatic rings. The third-order valence-corrected chi connectivity index (χ3v) is 14.6. The van der Waals surface area contributed by atoms with Gasteiger partial charge in [-0.25, -0.2) is 0 Å². The molecular weight excluding hydrogens is 857 g/mol. The molecule has 0 amide bonds. The lowest BCUT2D eigenvalue weighted by molar-refractivity contribution is 0.876. The Hall–Kier alpha value is -8.72. The van der Waals surface area contributed by atoms with E-state index in [4.69, 9.17) is 0 Å². The van der Waals surface area contributed by atoms with Crippen molar-refractivity contribution >= 4 is 66.4 Å². The molecule has 0 atom stereocenters. The Morgan fingerprint density at radius 1 is 0.296 bits per heavy atom. The molecule has 71 heavy (non-hydrogen) atoms. The van der Waals surface area contributed by atoms with Crippen molar-refractivity contribution in [1.82, 2.24) is 0 Å². The van der Waals surface area contributed by atoms with Crippen LogP contribution in [0, 0.1) is 13.8 Å². The van der Waals surface area contributed by atoms with Crippen molar-refractivity contribution in [3.05, 3.63) is 265 Å². The van der Waals surface area contributed by atoms with E-state index in [1.807, 2.05) is 0 Å². The highest BCUT2D eigenvalue weighted by molar-refractivity contribution is 6.29. The molecule has 12 rings (SSSR count). The topological polar surface area (TPSA) is 6.48 Å². The molecule has 0 bridgehead atoms. The van der Waals surface area contributed by atoms with Crippen molar-refractivity contribution in [1.29, 1.82) is 0 Å². The second-order valence-electron chi connectivity index (χ2n) is 19.1. The quantitative estimate of drug-likeness (QED) is 0.119. The normalized spacial score (nSPS) is 11.5. The molecule has 12 aromatic rings. The molecule has 0 aliphatic carbocycles. The van der Waals surface area contributed by atoms with Gasteiger partial charge in [-0.2, -0.15) is 0 Å². The largest absolute Gasteiger partial charge is 0.310 e. The molecule has 0 saturated heterocycles. The second-order valence-corrected chi connectivity index (χ2v) is 19.1. The van der Waals surface area contributed by atoms with Crippen LogP contribution in [0.4, 0.5) is 34.1 Å².